The Bertz CT molecular complexity index is 2630. The van der Waals surface area contributed by atoms with Crippen LogP contribution in [0.15, 0.2) is 164 Å². The Kier molecular flexibility index (Phi) is 6.63. The van der Waals surface area contributed by atoms with E-state index in [0.717, 1.165) is 6.67 Å². The van der Waals surface area contributed by atoms with E-state index in [1.54, 1.807) is 0 Å². The normalized spacial score (nSPS) is 14.5. The number of fused-ring (bicyclic) bond motifs is 7. The molecule has 0 saturated carbocycles. The van der Waals surface area contributed by atoms with Gasteiger partial charge in [0.1, 0.15) is 0 Å². The van der Waals surface area contributed by atoms with Gasteiger partial charge in [-0.25, -0.2) is 0 Å². The third kappa shape index (κ3) is 4.32. The van der Waals surface area contributed by atoms with Gasteiger partial charge in [-0.1, -0.05) is 130 Å². The summed E-state index contributed by atoms with van der Waals surface area (Å²) in [5, 5.41) is 2.53. The van der Waals surface area contributed by atoms with Crippen molar-refractivity contribution in [3.63, 3.8) is 0 Å². The molecule has 0 unspecified atom stereocenters. The average molecular weight is 672 g/mol. The predicted molar refractivity (Wildman–Crippen MR) is 219 cm³/mol. The Morgan fingerprint density at radius 3 is 1.85 bits per heavy atom. The van der Waals surface area contributed by atoms with Crippen molar-refractivity contribution < 1.29 is 0 Å². The fourth-order valence-corrected chi connectivity index (χ4v) is 9.10. The molecule has 3 heteroatoms. The Balaban J connectivity index is 1.31. The summed E-state index contributed by atoms with van der Waals surface area (Å²) in [5.74, 6) is 0. The zero-order valence-electron chi connectivity index (χ0n) is 30.1. The second kappa shape index (κ2) is 11.2. The monoisotopic (exact) mass is 671 g/mol. The third-order valence-corrected chi connectivity index (χ3v) is 11.5. The van der Waals surface area contributed by atoms with Crippen molar-refractivity contribution in [3.05, 3.63) is 192 Å². The summed E-state index contributed by atoms with van der Waals surface area (Å²) < 4.78 is 2.41. The Morgan fingerprint density at radius 1 is 0.500 bits per heavy atom. The molecular weight excluding hydrogens is 631 g/mol. The van der Waals surface area contributed by atoms with Gasteiger partial charge in [0.15, 0.2) is 0 Å². The summed E-state index contributed by atoms with van der Waals surface area (Å²) in [7, 11) is 2.19. The van der Waals surface area contributed by atoms with Crippen LogP contribution in [0.3, 0.4) is 0 Å². The van der Waals surface area contributed by atoms with Crippen molar-refractivity contribution in [1.29, 1.82) is 0 Å². The zero-order valence-corrected chi connectivity index (χ0v) is 30.1. The minimum atomic E-state index is -0.543. The lowest BCUT2D eigenvalue weighted by molar-refractivity contribution is 0.587. The number of nitrogens with zero attached hydrogens (tertiary/aromatic N) is 3. The van der Waals surface area contributed by atoms with Gasteiger partial charge >= 0.3 is 0 Å². The lowest BCUT2D eigenvalue weighted by Gasteiger charge is -2.36. The summed E-state index contributed by atoms with van der Waals surface area (Å²) in [4.78, 5) is 4.84. The topological polar surface area (TPSA) is 11.4 Å². The number of anilines is 3. The number of rotatable bonds is 4. The van der Waals surface area contributed by atoms with E-state index in [4.69, 9.17) is 0 Å². The number of hydrogen-bond acceptors (Lipinski definition) is 2. The molecule has 52 heavy (non-hydrogen) atoms. The fourth-order valence-electron chi connectivity index (χ4n) is 9.10. The predicted octanol–water partition coefficient (Wildman–Crippen LogP) is 12.0. The average Bonchev–Trinajstić information content (AvgIpc) is 3.80. The van der Waals surface area contributed by atoms with E-state index in [1.165, 1.54) is 83.5 Å². The molecule has 0 bridgehead atoms. The number of hydrogen-bond donors (Lipinski definition) is 0. The number of benzene rings is 7. The minimum Gasteiger partial charge on any atom is -0.355 e. The first kappa shape index (κ1) is 30.7. The van der Waals surface area contributed by atoms with Crippen LogP contribution in [0.25, 0.3) is 38.6 Å². The van der Waals surface area contributed by atoms with Gasteiger partial charge in [0.2, 0.25) is 0 Å². The molecule has 0 N–H and O–H groups in total. The van der Waals surface area contributed by atoms with E-state index >= 15 is 0 Å². The second-order valence-electron chi connectivity index (χ2n) is 15.5. The van der Waals surface area contributed by atoms with E-state index in [1.807, 2.05) is 0 Å². The Labute approximate surface area is 306 Å². The largest absolute Gasteiger partial charge is 0.355 e. The van der Waals surface area contributed by atoms with Crippen LogP contribution in [0.5, 0.6) is 0 Å². The number of aromatic nitrogens is 1. The van der Waals surface area contributed by atoms with Gasteiger partial charge < -0.3 is 14.4 Å². The molecule has 2 aliphatic rings. The third-order valence-electron chi connectivity index (χ3n) is 11.5. The molecule has 10 rings (SSSR count). The number of para-hydroxylation sites is 4. The highest BCUT2D eigenvalue weighted by atomic mass is 15.4. The van der Waals surface area contributed by atoms with Gasteiger partial charge in [-0.3, -0.25) is 0 Å². The summed E-state index contributed by atoms with van der Waals surface area (Å²) >= 11 is 0. The summed E-state index contributed by atoms with van der Waals surface area (Å²) in [5.41, 5.74) is 15.9. The first-order valence-corrected chi connectivity index (χ1v) is 18.4. The first-order valence-electron chi connectivity index (χ1n) is 18.4. The van der Waals surface area contributed by atoms with Gasteiger partial charge in [-0.15, -0.1) is 0 Å². The van der Waals surface area contributed by atoms with Crippen LogP contribution in [0.1, 0.15) is 48.6 Å². The van der Waals surface area contributed by atoms with E-state index in [-0.39, 0.29) is 5.41 Å². The van der Waals surface area contributed by atoms with Crippen LogP contribution in [-0.2, 0) is 10.8 Å². The van der Waals surface area contributed by atoms with Crippen molar-refractivity contribution in [2.75, 3.05) is 23.5 Å². The van der Waals surface area contributed by atoms with Crippen molar-refractivity contribution in [2.24, 2.45) is 0 Å². The molecule has 252 valence electrons. The highest BCUT2D eigenvalue weighted by molar-refractivity contribution is 6.10. The SMILES string of the molecule is CN1CN(c2cc(C(C)(C)C)cc(C3(c4ccc5c(c4)c4ccccc4n5-c4ccccc4)c4ccccc4-c4ccccc43)c2)c2ccccc21. The molecule has 8 aromatic rings. The van der Waals surface area contributed by atoms with Crippen LogP contribution in [0.4, 0.5) is 17.1 Å². The molecule has 0 fully saturated rings. The van der Waals surface area contributed by atoms with Gasteiger partial charge in [-0.2, -0.15) is 0 Å². The Hall–Kier alpha value is -6.06. The molecule has 0 spiro atoms. The zero-order chi connectivity index (χ0) is 35.2. The molecule has 3 nitrogen and oxygen atoms in total. The van der Waals surface area contributed by atoms with E-state index in [0.29, 0.717) is 0 Å². The van der Waals surface area contributed by atoms with E-state index in [2.05, 4.69) is 206 Å². The van der Waals surface area contributed by atoms with Crippen molar-refractivity contribution in [3.8, 4) is 16.8 Å². The van der Waals surface area contributed by atoms with Gasteiger partial charge in [0, 0.05) is 29.2 Å². The van der Waals surface area contributed by atoms with Gasteiger partial charge in [0.25, 0.3) is 0 Å². The lowest BCUT2D eigenvalue weighted by Crippen LogP contribution is -2.30. The van der Waals surface area contributed by atoms with Crippen LogP contribution < -0.4 is 9.80 Å². The maximum Gasteiger partial charge on any atom is 0.0950 e. The van der Waals surface area contributed by atoms with Crippen LogP contribution in [0, 0.1) is 0 Å². The minimum absolute atomic E-state index is 0.0677. The van der Waals surface area contributed by atoms with Gasteiger partial charge in [0.05, 0.1) is 34.5 Å². The van der Waals surface area contributed by atoms with E-state index < -0.39 is 5.41 Å². The maximum absolute atomic E-state index is 2.51. The molecule has 0 amide bonds. The molecule has 1 aliphatic carbocycles. The van der Waals surface area contributed by atoms with E-state index in [9.17, 15) is 0 Å². The molecule has 1 aromatic heterocycles. The summed E-state index contributed by atoms with van der Waals surface area (Å²) in [6.07, 6.45) is 0. The van der Waals surface area contributed by atoms with Gasteiger partial charge in [-0.05, 0) is 99.0 Å². The van der Waals surface area contributed by atoms with Crippen molar-refractivity contribution in [2.45, 2.75) is 31.6 Å². The summed E-state index contributed by atoms with van der Waals surface area (Å²) in [6.45, 7) is 7.83. The van der Waals surface area contributed by atoms with Crippen LogP contribution in [0.2, 0.25) is 0 Å². The standard InChI is InChI=1S/C49H41N3/c1-48(2,3)34-28-35(30-37(29-34)51-32-50(4)46-24-14-15-25-47(46)51)49(42-21-11-8-18-38(42)39-19-9-12-22-43(39)49)33-26-27-45-41(31-33)40-20-10-13-23-44(40)52(45)36-16-6-5-7-17-36/h5-31H,32H2,1-4H3. The van der Waals surface area contributed by atoms with Crippen molar-refractivity contribution in [1.82, 2.24) is 4.57 Å². The molecule has 0 atom stereocenters. The van der Waals surface area contributed by atoms with Crippen LogP contribution >= 0.6 is 0 Å². The fraction of sp³-hybridized carbons (Fsp3) is 0.143. The molecule has 2 heterocycles. The first-order chi connectivity index (χ1) is 25.3. The molecule has 1 aliphatic heterocycles. The smallest absolute Gasteiger partial charge is 0.0950 e. The second-order valence-corrected chi connectivity index (χ2v) is 15.5. The van der Waals surface area contributed by atoms with Crippen molar-refractivity contribution >= 4 is 38.9 Å². The Morgan fingerprint density at radius 2 is 1.12 bits per heavy atom. The molecule has 0 saturated heterocycles. The molecular formula is C49H41N3. The molecule has 7 aromatic carbocycles. The quantitative estimate of drug-likeness (QED) is 0.184. The van der Waals surface area contributed by atoms with Crippen LogP contribution in [-0.4, -0.2) is 18.3 Å². The molecule has 0 radical (unpaired) electrons. The highest BCUT2D eigenvalue weighted by Crippen LogP contribution is 2.57. The lowest BCUT2D eigenvalue weighted by atomic mass is 9.66. The summed E-state index contributed by atoms with van der Waals surface area (Å²) in [6, 6.07) is 61.3. The highest BCUT2D eigenvalue weighted by Gasteiger charge is 2.47. The maximum atomic E-state index is 2.51.